The third-order valence-electron chi connectivity index (χ3n) is 0. The molecule has 0 unspecified atom stereocenters. The summed E-state index contributed by atoms with van der Waals surface area (Å²) >= 11 is 0. The van der Waals surface area contributed by atoms with Crippen molar-refractivity contribution in [1.29, 1.82) is 0 Å². The molecule has 0 aromatic carbocycles. The van der Waals surface area contributed by atoms with Crippen LogP contribution in [0.25, 0.3) is 0 Å². The van der Waals surface area contributed by atoms with Gasteiger partial charge in [0.25, 0.3) is 31.3 Å². The summed E-state index contributed by atoms with van der Waals surface area (Å²) in [6, 6.07) is 0. The second kappa shape index (κ2) is 16.0. The Bertz CT molecular complexity index is 291. The molecule has 0 aliphatic carbocycles. The van der Waals surface area contributed by atoms with Crippen molar-refractivity contribution in [2.24, 2.45) is 0 Å². The summed E-state index contributed by atoms with van der Waals surface area (Å²) < 4.78 is 35.1. The first kappa shape index (κ1) is 38.8. The maximum absolute atomic E-state index is 8.77. The number of phosphoric acid groups is 4. The van der Waals surface area contributed by atoms with Crippen LogP contribution in [0.4, 0.5) is 0 Å². The van der Waals surface area contributed by atoms with Gasteiger partial charge in [0.05, 0.1) is 0 Å². The van der Waals surface area contributed by atoms with E-state index < -0.39 is 31.3 Å². The molecule has 0 atom stereocenters. The van der Waals surface area contributed by atoms with Crippen LogP contribution in [0, 0.1) is 0 Å². The van der Waals surface area contributed by atoms with Crippen molar-refractivity contribution in [3.05, 3.63) is 0 Å². The van der Waals surface area contributed by atoms with E-state index in [1.807, 2.05) is 0 Å². The summed E-state index contributed by atoms with van der Waals surface area (Å²) in [5.74, 6) is 0. The monoisotopic (exact) mass is 499 g/mol. The van der Waals surface area contributed by atoms with Gasteiger partial charge in [0.2, 0.25) is 0 Å². The molecule has 0 saturated carbocycles. The normalized spacial score (nSPS) is 10.7. The van der Waals surface area contributed by atoms with Gasteiger partial charge in [-0.1, -0.05) is 0 Å². The summed E-state index contributed by atoms with van der Waals surface area (Å²) in [7, 11) is -19.6. The number of hydrogen-bond acceptors (Lipinski definition) is 8. The third-order valence-corrected chi connectivity index (χ3v) is 0. The Kier molecular flexibility index (Phi) is 28.2. The fourth-order valence-electron chi connectivity index (χ4n) is 0. The van der Waals surface area contributed by atoms with Crippen molar-refractivity contribution in [1.82, 2.24) is 0 Å². The zero-order chi connectivity index (χ0) is 18.0. The van der Waals surface area contributed by atoms with Gasteiger partial charge in [0, 0.05) is 0 Å². The maximum Gasteiger partial charge on any atom is 2.00 e. The summed E-state index contributed by atoms with van der Waals surface area (Å²) in [6.07, 6.45) is 0. The molecule has 0 saturated heterocycles. The fourth-order valence-corrected chi connectivity index (χ4v) is 0. The van der Waals surface area contributed by atoms with Gasteiger partial charge in [-0.05, 0) is 0 Å². The minimum absolute atomic E-state index is 0. The predicted octanol–water partition coefficient (Wildman–Crippen LogP) is -6.25. The number of hydrogen-bond donors (Lipinski definition) is 8. The fraction of sp³-hybridized carbons (Fsp3) is 0. The molecule has 8 N–H and O–H groups in total. The van der Waals surface area contributed by atoms with Crippen LogP contribution in [0.3, 0.4) is 0 Å². The van der Waals surface area contributed by atoms with Crippen molar-refractivity contribution in [2.75, 3.05) is 0 Å². The van der Waals surface area contributed by atoms with E-state index in [1.54, 1.807) is 0 Å². The molecular weight excluding hydrogens is 491 g/mol. The molecule has 0 fully saturated rings. The van der Waals surface area contributed by atoms with Crippen molar-refractivity contribution in [3.63, 3.8) is 0 Å². The molecule has 0 heterocycles. The van der Waals surface area contributed by atoms with Crippen molar-refractivity contribution >= 4 is 31.3 Å². The van der Waals surface area contributed by atoms with Gasteiger partial charge in [-0.2, -0.15) is 0 Å². The van der Waals surface area contributed by atoms with Crippen LogP contribution in [-0.4, -0.2) is 39.1 Å². The molecule has 0 amide bonds. The van der Waals surface area contributed by atoms with E-state index in [2.05, 4.69) is 0 Å². The van der Waals surface area contributed by atoms with Gasteiger partial charge in [-0.3, -0.25) is 18.3 Å². The van der Waals surface area contributed by atoms with E-state index in [0.717, 1.165) is 0 Å². The van der Waals surface area contributed by atoms with Crippen molar-refractivity contribution in [2.45, 2.75) is 0 Å². The van der Waals surface area contributed by atoms with Gasteiger partial charge >= 0.3 is 34.1 Å². The standard InChI is InChI=1S/Fe.Mn.4H3O4P/c;;4*1-5(2,3)4/h;;4*(H3,1,2,3,4)/q2*+2;;;;/p-4. The van der Waals surface area contributed by atoms with Crippen LogP contribution in [0.5, 0.6) is 0 Å². The molecule has 139 valence electrons. The summed E-state index contributed by atoms with van der Waals surface area (Å²) in [6.45, 7) is 0. The Morgan fingerprint density at radius 1 is 0.455 bits per heavy atom. The Balaban J connectivity index is -0.0000000376. The Morgan fingerprint density at radius 2 is 0.455 bits per heavy atom. The molecule has 0 bridgehead atoms. The van der Waals surface area contributed by atoms with Crippen LogP contribution < -0.4 is 19.6 Å². The van der Waals surface area contributed by atoms with Gasteiger partial charge in [0.15, 0.2) is 0 Å². The number of rotatable bonds is 0. The molecule has 0 aliphatic heterocycles. The molecule has 0 spiro atoms. The van der Waals surface area contributed by atoms with Crippen LogP contribution >= 0.6 is 31.3 Å². The Labute approximate surface area is 142 Å². The topological polar surface area (TPSA) is 322 Å². The smallest absolute Gasteiger partial charge is 0.756 e. The first-order valence-corrected chi connectivity index (χ1v) is 9.18. The Hall–Kier alpha value is 1.48. The molecule has 0 aromatic heterocycles. The maximum atomic E-state index is 8.77. The molecule has 16 nitrogen and oxygen atoms in total. The van der Waals surface area contributed by atoms with E-state index in [9.17, 15) is 0 Å². The third kappa shape index (κ3) is 4120. The van der Waals surface area contributed by atoms with Crippen molar-refractivity contribution < 1.29 is 111 Å². The van der Waals surface area contributed by atoms with Crippen LogP contribution in [0.2, 0.25) is 0 Å². The second-order valence-corrected chi connectivity index (χ2v) is 5.89. The average molecular weight is 499 g/mol. The molecular formula is H8FeMnO16P4. The van der Waals surface area contributed by atoms with Crippen LogP contribution in [-0.2, 0) is 52.4 Å². The molecule has 0 aromatic rings. The molecule has 0 aliphatic rings. The van der Waals surface area contributed by atoms with Crippen molar-refractivity contribution in [3.8, 4) is 0 Å². The van der Waals surface area contributed by atoms with E-state index in [0.29, 0.717) is 0 Å². The molecule has 22 heavy (non-hydrogen) atoms. The largest absolute Gasteiger partial charge is 2.00 e. The zero-order valence-electron chi connectivity index (χ0n) is 9.36. The summed E-state index contributed by atoms with van der Waals surface area (Å²) in [5.41, 5.74) is 0. The quantitative estimate of drug-likeness (QED) is 0.114. The van der Waals surface area contributed by atoms with Gasteiger partial charge < -0.3 is 58.7 Å². The first-order chi connectivity index (χ1) is 8.00. The zero-order valence-corrected chi connectivity index (χ0v) is 15.2. The van der Waals surface area contributed by atoms with Gasteiger partial charge in [-0.15, -0.1) is 0 Å². The minimum Gasteiger partial charge on any atom is -0.756 e. The SMILES string of the molecule is O=P([O-])(O)O.O=P([O-])(O)O.O=P([O-])(O)O.O=P([O-])(O)O.[Fe+2].[Mn+2]. The molecule has 0 rings (SSSR count). The van der Waals surface area contributed by atoms with Gasteiger partial charge in [0.1, 0.15) is 0 Å². The molecule has 22 heteroatoms. The van der Waals surface area contributed by atoms with E-state index in [4.69, 9.17) is 77.0 Å². The first-order valence-electron chi connectivity index (χ1n) is 3.06. The van der Waals surface area contributed by atoms with E-state index >= 15 is 0 Å². The van der Waals surface area contributed by atoms with Crippen LogP contribution in [0.1, 0.15) is 0 Å². The predicted molar refractivity (Wildman–Crippen MR) is 48.2 cm³/mol. The second-order valence-electron chi connectivity index (χ2n) is 1.96. The summed E-state index contributed by atoms with van der Waals surface area (Å²) in [4.78, 5) is 91.7. The minimum atomic E-state index is -4.89. The average Bonchev–Trinajstić information content (AvgIpc) is 1.62. The van der Waals surface area contributed by atoms with E-state index in [-0.39, 0.29) is 34.1 Å². The summed E-state index contributed by atoms with van der Waals surface area (Å²) in [5, 5.41) is 0. The van der Waals surface area contributed by atoms with Crippen LogP contribution in [0.15, 0.2) is 0 Å². The van der Waals surface area contributed by atoms with E-state index in [1.165, 1.54) is 0 Å². The Morgan fingerprint density at radius 3 is 0.455 bits per heavy atom. The molecule has 1 radical (unpaired) electrons. The van der Waals surface area contributed by atoms with Gasteiger partial charge in [-0.25, -0.2) is 0 Å².